The number of carboxylic acids is 2. The van der Waals surface area contributed by atoms with Crippen molar-refractivity contribution in [3.8, 4) is 0 Å². The van der Waals surface area contributed by atoms with E-state index in [0.29, 0.717) is 24.8 Å². The number of carbonyl (C=O) groups excluding carboxylic acids is 3. The molecule has 0 spiro atoms. The number of aliphatic hydroxyl groups is 2. The molecule has 1 heterocycles. The fourth-order valence-corrected chi connectivity index (χ4v) is 8.74. The van der Waals surface area contributed by atoms with Gasteiger partial charge in [-0.05, 0) is 77.0 Å². The van der Waals surface area contributed by atoms with Gasteiger partial charge >= 0.3 is 23.9 Å². The van der Waals surface area contributed by atoms with Crippen molar-refractivity contribution in [3.63, 3.8) is 0 Å². The van der Waals surface area contributed by atoms with Crippen LogP contribution in [0.3, 0.4) is 0 Å². The number of hydrogen-bond donors (Lipinski definition) is 4. The zero-order valence-electron chi connectivity index (χ0n) is 37.0. The minimum absolute atomic E-state index is 0.0858. The zero-order valence-corrected chi connectivity index (χ0v) is 37.0. The molecule has 6 atom stereocenters. The number of carboxylic acid groups (broad SMARTS) is 2. The zero-order chi connectivity index (χ0) is 45.5. The van der Waals surface area contributed by atoms with Gasteiger partial charge in [0.25, 0.3) is 0 Å². The molecule has 0 radical (unpaired) electrons. The average molecular weight is 833 g/mol. The molecule has 2 saturated carbocycles. The van der Waals surface area contributed by atoms with Crippen LogP contribution in [0.2, 0.25) is 0 Å². The highest BCUT2D eigenvalue weighted by molar-refractivity contribution is 5.96. The quantitative estimate of drug-likeness (QED) is 0.0364. The summed E-state index contributed by atoms with van der Waals surface area (Å²) >= 11 is 0. The number of ketones is 1. The molecular formula is C48H64O12. The third kappa shape index (κ3) is 12.8. The first-order valence-electron chi connectivity index (χ1n) is 20.3. The molecule has 1 aliphatic heterocycles. The molecule has 328 valence electrons. The fourth-order valence-electron chi connectivity index (χ4n) is 8.74. The van der Waals surface area contributed by atoms with Gasteiger partial charge in [-0.1, -0.05) is 99.6 Å². The van der Waals surface area contributed by atoms with Crippen LogP contribution in [0.4, 0.5) is 0 Å². The van der Waals surface area contributed by atoms with E-state index in [1.807, 2.05) is 116 Å². The third-order valence-corrected chi connectivity index (χ3v) is 11.7. The van der Waals surface area contributed by atoms with Gasteiger partial charge in [-0.3, -0.25) is 19.2 Å². The largest absolute Gasteiger partial charge is 0.481 e. The van der Waals surface area contributed by atoms with E-state index in [-0.39, 0.29) is 30.7 Å². The number of aliphatic carboxylic acids is 2. The number of fused-ring (bicyclic) bond motifs is 1. The lowest BCUT2D eigenvalue weighted by atomic mass is 9.61. The van der Waals surface area contributed by atoms with Crippen LogP contribution < -0.4 is 0 Å². The maximum absolute atomic E-state index is 13.4. The summed E-state index contributed by atoms with van der Waals surface area (Å²) in [6.07, 6.45) is 19.5. The highest BCUT2D eigenvalue weighted by atomic mass is 16.6. The Labute approximate surface area is 354 Å². The van der Waals surface area contributed by atoms with Crippen LogP contribution in [0, 0.1) is 10.8 Å². The first-order chi connectivity index (χ1) is 27.6. The smallest absolute Gasteiger partial charge is 0.336 e. The van der Waals surface area contributed by atoms with Crippen LogP contribution >= 0.6 is 0 Å². The second kappa shape index (κ2) is 19.2. The minimum Gasteiger partial charge on any atom is -0.481 e. The van der Waals surface area contributed by atoms with Crippen LogP contribution in [0.1, 0.15) is 121 Å². The number of allylic oxidation sites excluding steroid dienone is 14. The van der Waals surface area contributed by atoms with Crippen molar-refractivity contribution in [1.82, 2.24) is 0 Å². The standard InChI is InChI=1S/C48H64O12/c1-31(18-14-19-33(3)22-23-39-43(6,7)24-36(58-35(5)49)26-45(39,10)56)16-12-13-17-32(2)20-15-21-34(4)38(50)28-48-44(8,9)25-37(27-46(48,11)60-48)59-41(53)30-47(57,42(54)55)29-40(51)52/h12-22,36-37,56-57H,24-30H2,1-11H3,(H,51,52)(H,54,55)/t23?,36?,37?,45-,46?,47?,48?/m1/s1. The van der Waals surface area contributed by atoms with Crippen LogP contribution in [-0.4, -0.2) is 84.7 Å². The van der Waals surface area contributed by atoms with E-state index in [1.54, 1.807) is 19.9 Å². The molecule has 0 bridgehead atoms. The second-order valence-corrected chi connectivity index (χ2v) is 18.4. The molecule has 12 nitrogen and oxygen atoms in total. The van der Waals surface area contributed by atoms with Crippen LogP contribution in [0.25, 0.3) is 0 Å². The van der Waals surface area contributed by atoms with Gasteiger partial charge in [0, 0.05) is 37.2 Å². The van der Waals surface area contributed by atoms with Gasteiger partial charge in [-0.15, -0.1) is 5.73 Å². The van der Waals surface area contributed by atoms with E-state index >= 15 is 0 Å². The first kappa shape index (κ1) is 49.5. The number of carbonyl (C=O) groups is 5. The Hall–Kier alpha value is -4.87. The van der Waals surface area contributed by atoms with Crippen LogP contribution in [-0.2, 0) is 38.2 Å². The fraction of sp³-hybridized carbons (Fsp3) is 0.542. The molecule has 4 N–H and O–H groups in total. The molecule has 3 fully saturated rings. The summed E-state index contributed by atoms with van der Waals surface area (Å²) < 4.78 is 17.2. The number of ether oxygens (including phenoxy) is 3. The Morgan fingerprint density at radius 1 is 0.750 bits per heavy atom. The molecule has 2 aliphatic carbocycles. The van der Waals surface area contributed by atoms with Crippen LogP contribution in [0.15, 0.2) is 100 Å². The summed E-state index contributed by atoms with van der Waals surface area (Å²) in [5.74, 6) is -4.86. The highest BCUT2D eigenvalue weighted by Gasteiger charge is 2.76. The Balaban J connectivity index is 1.55. The Kier molecular flexibility index (Phi) is 15.9. The third-order valence-electron chi connectivity index (χ3n) is 11.7. The van der Waals surface area contributed by atoms with Gasteiger partial charge in [-0.25, -0.2) is 4.79 Å². The number of Topliss-reactive ketones (excluding diaryl/α,β-unsaturated/α-hetero) is 1. The topological polar surface area (TPSA) is 197 Å². The summed E-state index contributed by atoms with van der Waals surface area (Å²) in [7, 11) is 0. The van der Waals surface area contributed by atoms with Crippen molar-refractivity contribution >= 4 is 29.7 Å². The SMILES string of the molecule is CC(=O)OC1CC(C)(C)C(=C=CC(C)=CC=CC(C)=CC=CC=C(C)C=CC=C(C)C(=O)CC23OC2(C)CC(OC(=O)CC(O)(CC(=O)O)C(=O)O)CC3(C)C)[C@](C)(O)C1. The van der Waals surface area contributed by atoms with Crippen molar-refractivity contribution in [2.75, 3.05) is 0 Å². The molecular weight excluding hydrogens is 769 g/mol. The van der Waals surface area contributed by atoms with E-state index in [0.717, 1.165) is 22.3 Å². The summed E-state index contributed by atoms with van der Waals surface area (Å²) in [5.41, 5.74) is 1.12. The Bertz CT molecular complexity index is 1970. The number of hydrogen-bond acceptors (Lipinski definition) is 10. The molecule has 12 heteroatoms. The minimum atomic E-state index is -2.79. The maximum Gasteiger partial charge on any atom is 0.336 e. The van der Waals surface area contributed by atoms with E-state index in [9.17, 15) is 39.3 Å². The number of epoxide rings is 1. The summed E-state index contributed by atoms with van der Waals surface area (Å²) in [5, 5.41) is 39.7. The van der Waals surface area contributed by atoms with Gasteiger partial charge in [-0.2, -0.15) is 0 Å². The molecule has 3 rings (SSSR count). The molecule has 5 unspecified atom stereocenters. The van der Waals surface area contributed by atoms with Crippen LogP contribution in [0.5, 0.6) is 0 Å². The molecule has 3 aliphatic rings. The molecule has 0 aromatic carbocycles. The van der Waals surface area contributed by atoms with Gasteiger partial charge < -0.3 is 34.6 Å². The van der Waals surface area contributed by atoms with E-state index < -0.39 is 70.1 Å². The van der Waals surface area contributed by atoms with E-state index in [1.165, 1.54) is 6.92 Å². The second-order valence-electron chi connectivity index (χ2n) is 18.4. The monoisotopic (exact) mass is 832 g/mol. The summed E-state index contributed by atoms with van der Waals surface area (Å²) in [4.78, 5) is 60.1. The van der Waals surface area contributed by atoms with Crippen molar-refractivity contribution in [3.05, 3.63) is 100 Å². The average Bonchev–Trinajstić information content (AvgIpc) is 3.69. The lowest BCUT2D eigenvalue weighted by Crippen LogP contribution is -2.50. The van der Waals surface area contributed by atoms with Crippen molar-refractivity contribution < 1.29 is 58.6 Å². The van der Waals surface area contributed by atoms with Gasteiger partial charge in [0.2, 0.25) is 0 Å². The lowest BCUT2D eigenvalue weighted by Gasteiger charge is -2.44. The van der Waals surface area contributed by atoms with Gasteiger partial charge in [0.05, 0.1) is 24.0 Å². The normalized spacial score (nSPS) is 29.1. The van der Waals surface area contributed by atoms with Crippen molar-refractivity contribution in [1.29, 1.82) is 0 Å². The molecule has 0 aromatic rings. The number of rotatable bonds is 17. The number of esters is 2. The Morgan fingerprint density at radius 2 is 1.30 bits per heavy atom. The maximum atomic E-state index is 13.4. The van der Waals surface area contributed by atoms with Crippen molar-refractivity contribution in [2.24, 2.45) is 10.8 Å². The van der Waals surface area contributed by atoms with E-state index in [2.05, 4.69) is 5.73 Å². The molecule has 1 saturated heterocycles. The molecule has 60 heavy (non-hydrogen) atoms. The first-order valence-corrected chi connectivity index (χ1v) is 20.3. The lowest BCUT2D eigenvalue weighted by molar-refractivity contribution is -0.175. The predicted molar refractivity (Wildman–Crippen MR) is 227 cm³/mol. The molecule has 0 amide bonds. The van der Waals surface area contributed by atoms with Gasteiger partial charge in [0.1, 0.15) is 17.8 Å². The summed E-state index contributed by atoms with van der Waals surface area (Å²) in [6.45, 7) is 20.5. The highest BCUT2D eigenvalue weighted by Crippen LogP contribution is 2.67. The van der Waals surface area contributed by atoms with Gasteiger partial charge in [0.15, 0.2) is 11.4 Å². The van der Waals surface area contributed by atoms with Crippen molar-refractivity contribution in [2.45, 2.75) is 156 Å². The molecule has 0 aromatic heterocycles. The predicted octanol–water partition coefficient (Wildman–Crippen LogP) is 7.92. The Morgan fingerprint density at radius 3 is 1.82 bits per heavy atom. The summed E-state index contributed by atoms with van der Waals surface area (Å²) in [6, 6.07) is 0. The van der Waals surface area contributed by atoms with E-state index in [4.69, 9.17) is 19.3 Å².